The van der Waals surface area contributed by atoms with Crippen LogP contribution in [0.5, 0.6) is 0 Å². The Hall–Kier alpha value is -1.67. The van der Waals surface area contributed by atoms with E-state index in [4.69, 9.17) is 4.74 Å². The summed E-state index contributed by atoms with van der Waals surface area (Å²) in [6.45, 7) is 6.29. The lowest BCUT2D eigenvalue weighted by Gasteiger charge is -2.27. The van der Waals surface area contributed by atoms with Gasteiger partial charge in [-0.2, -0.15) is 0 Å². The van der Waals surface area contributed by atoms with Crippen molar-refractivity contribution in [2.24, 2.45) is 5.92 Å². The molecule has 0 aromatic heterocycles. The molecule has 2 aliphatic rings. The lowest BCUT2D eigenvalue weighted by molar-refractivity contribution is -0.121. The molecule has 0 aliphatic carbocycles. The van der Waals surface area contributed by atoms with E-state index in [9.17, 15) is 9.59 Å². The van der Waals surface area contributed by atoms with Crippen molar-refractivity contribution < 1.29 is 14.3 Å². The highest BCUT2D eigenvalue weighted by Gasteiger charge is 2.24. The van der Waals surface area contributed by atoms with Gasteiger partial charge < -0.3 is 20.7 Å². The summed E-state index contributed by atoms with van der Waals surface area (Å²) in [6.07, 6.45) is 1.73. The predicted octanol–water partition coefficient (Wildman–Crippen LogP) is 1.71. The molecule has 2 aliphatic heterocycles. The first-order chi connectivity index (χ1) is 12.6. The van der Waals surface area contributed by atoms with Gasteiger partial charge in [0.05, 0.1) is 19.8 Å². The standard InChI is InChI=1S/C19H28N4O3.ClH/c1-14-12-15(6-7-20-14)19(25)22-17-4-2-16(3-5-17)21-18(24)13-23-8-10-26-11-9-23;/h2-5,14-15,20H,6-13H2,1H3,(H,21,24)(H,22,25);1H/t14-,15-;/m0./s1. The van der Waals surface area contributed by atoms with E-state index in [1.54, 1.807) is 0 Å². The van der Waals surface area contributed by atoms with Gasteiger partial charge in [0.2, 0.25) is 11.8 Å². The smallest absolute Gasteiger partial charge is 0.238 e. The van der Waals surface area contributed by atoms with E-state index in [1.165, 1.54) is 0 Å². The highest BCUT2D eigenvalue weighted by Crippen LogP contribution is 2.20. The zero-order valence-electron chi connectivity index (χ0n) is 15.7. The van der Waals surface area contributed by atoms with Gasteiger partial charge in [0.15, 0.2) is 0 Å². The number of hydrogen-bond donors (Lipinski definition) is 3. The van der Waals surface area contributed by atoms with Crippen LogP contribution in [-0.2, 0) is 14.3 Å². The summed E-state index contributed by atoms with van der Waals surface area (Å²) in [5.74, 6) is 0.0917. The van der Waals surface area contributed by atoms with Crippen LogP contribution in [0.1, 0.15) is 19.8 Å². The first kappa shape index (κ1) is 21.6. The molecule has 7 nitrogen and oxygen atoms in total. The van der Waals surface area contributed by atoms with E-state index in [-0.39, 0.29) is 30.1 Å². The third-order valence-electron chi connectivity index (χ3n) is 4.90. The van der Waals surface area contributed by atoms with Crippen molar-refractivity contribution in [3.05, 3.63) is 24.3 Å². The van der Waals surface area contributed by atoms with Crippen molar-refractivity contribution in [2.45, 2.75) is 25.8 Å². The minimum atomic E-state index is -0.0348. The summed E-state index contributed by atoms with van der Waals surface area (Å²) in [5.41, 5.74) is 1.49. The molecule has 0 bridgehead atoms. The number of carbonyl (C=O) groups is 2. The van der Waals surface area contributed by atoms with Gasteiger partial charge in [0.1, 0.15) is 0 Å². The molecular formula is C19H29ClN4O3. The van der Waals surface area contributed by atoms with Gasteiger partial charge in [0, 0.05) is 36.4 Å². The SMILES string of the molecule is C[C@H]1C[C@@H](C(=O)Nc2ccc(NC(=O)CN3CCOCC3)cc2)CCN1.Cl. The van der Waals surface area contributed by atoms with Crippen LogP contribution in [0.15, 0.2) is 24.3 Å². The van der Waals surface area contributed by atoms with E-state index >= 15 is 0 Å². The fourth-order valence-electron chi connectivity index (χ4n) is 3.41. The molecule has 0 spiro atoms. The molecule has 2 heterocycles. The lowest BCUT2D eigenvalue weighted by Crippen LogP contribution is -2.41. The van der Waals surface area contributed by atoms with E-state index in [1.807, 2.05) is 24.3 Å². The van der Waals surface area contributed by atoms with Crippen molar-refractivity contribution in [3.8, 4) is 0 Å². The van der Waals surface area contributed by atoms with Crippen molar-refractivity contribution in [3.63, 3.8) is 0 Å². The number of nitrogens with zero attached hydrogens (tertiary/aromatic N) is 1. The molecule has 8 heteroatoms. The maximum absolute atomic E-state index is 12.4. The van der Waals surface area contributed by atoms with Gasteiger partial charge in [-0.3, -0.25) is 14.5 Å². The Morgan fingerprint density at radius 3 is 2.41 bits per heavy atom. The summed E-state index contributed by atoms with van der Waals surface area (Å²) >= 11 is 0. The molecule has 3 N–H and O–H groups in total. The molecule has 0 saturated carbocycles. The second-order valence-corrected chi connectivity index (χ2v) is 7.08. The molecule has 2 saturated heterocycles. The van der Waals surface area contributed by atoms with Crippen LogP contribution in [0, 0.1) is 5.92 Å². The summed E-state index contributed by atoms with van der Waals surface area (Å²) in [4.78, 5) is 26.6. The number of nitrogens with one attached hydrogen (secondary N) is 3. The van der Waals surface area contributed by atoms with E-state index in [0.29, 0.717) is 25.8 Å². The monoisotopic (exact) mass is 396 g/mol. The van der Waals surface area contributed by atoms with Crippen LogP contribution < -0.4 is 16.0 Å². The van der Waals surface area contributed by atoms with Crippen molar-refractivity contribution in [2.75, 3.05) is 50.0 Å². The zero-order chi connectivity index (χ0) is 18.4. The van der Waals surface area contributed by atoms with Crippen LogP contribution >= 0.6 is 12.4 Å². The van der Waals surface area contributed by atoms with Crippen LogP contribution in [0.4, 0.5) is 11.4 Å². The van der Waals surface area contributed by atoms with Gasteiger partial charge in [0.25, 0.3) is 0 Å². The van der Waals surface area contributed by atoms with Crippen LogP contribution in [0.25, 0.3) is 0 Å². The summed E-state index contributed by atoms with van der Waals surface area (Å²) in [7, 11) is 0. The minimum absolute atomic E-state index is 0. The number of morpholine rings is 1. The van der Waals surface area contributed by atoms with Gasteiger partial charge >= 0.3 is 0 Å². The van der Waals surface area contributed by atoms with Crippen LogP contribution in [0.2, 0.25) is 0 Å². The maximum Gasteiger partial charge on any atom is 0.238 e. The second kappa shape index (κ2) is 10.6. The Morgan fingerprint density at radius 1 is 1.15 bits per heavy atom. The first-order valence-electron chi connectivity index (χ1n) is 9.34. The topological polar surface area (TPSA) is 82.7 Å². The van der Waals surface area contributed by atoms with E-state index < -0.39 is 0 Å². The second-order valence-electron chi connectivity index (χ2n) is 7.08. The molecule has 3 rings (SSSR count). The lowest BCUT2D eigenvalue weighted by atomic mass is 9.92. The van der Waals surface area contributed by atoms with E-state index in [0.717, 1.165) is 43.9 Å². The number of anilines is 2. The Morgan fingerprint density at radius 2 is 1.78 bits per heavy atom. The maximum atomic E-state index is 12.4. The predicted molar refractivity (Wildman–Crippen MR) is 108 cm³/mol. The first-order valence-corrected chi connectivity index (χ1v) is 9.34. The number of benzene rings is 1. The number of piperidine rings is 1. The zero-order valence-corrected chi connectivity index (χ0v) is 16.5. The number of halogens is 1. The molecule has 27 heavy (non-hydrogen) atoms. The number of ether oxygens (including phenoxy) is 1. The average molecular weight is 397 g/mol. The largest absolute Gasteiger partial charge is 0.379 e. The number of carbonyl (C=O) groups excluding carboxylic acids is 2. The molecular weight excluding hydrogens is 368 g/mol. The van der Waals surface area contributed by atoms with Crippen LogP contribution in [0.3, 0.4) is 0 Å². The average Bonchev–Trinajstić information content (AvgIpc) is 2.64. The molecule has 150 valence electrons. The number of hydrogen-bond acceptors (Lipinski definition) is 5. The quantitative estimate of drug-likeness (QED) is 0.705. The molecule has 2 fully saturated rings. The third kappa shape index (κ3) is 6.77. The van der Waals surface area contributed by atoms with Gasteiger partial charge in [-0.1, -0.05) is 0 Å². The Labute approximate surface area is 166 Å². The molecule has 2 amide bonds. The van der Waals surface area contributed by atoms with Gasteiger partial charge in [-0.05, 0) is 50.6 Å². The summed E-state index contributed by atoms with van der Waals surface area (Å²) in [6, 6.07) is 7.67. The third-order valence-corrected chi connectivity index (χ3v) is 4.90. The Kier molecular flexibility index (Phi) is 8.50. The number of amides is 2. The highest BCUT2D eigenvalue weighted by atomic mass is 35.5. The van der Waals surface area contributed by atoms with Gasteiger partial charge in [-0.15, -0.1) is 12.4 Å². The molecule has 0 radical (unpaired) electrons. The van der Waals surface area contributed by atoms with Crippen molar-refractivity contribution in [1.29, 1.82) is 0 Å². The number of rotatable bonds is 5. The molecule has 1 aromatic carbocycles. The normalized spacial score (nSPS) is 23.1. The molecule has 2 atom stereocenters. The van der Waals surface area contributed by atoms with Gasteiger partial charge in [-0.25, -0.2) is 0 Å². The van der Waals surface area contributed by atoms with Crippen LogP contribution in [-0.4, -0.2) is 62.1 Å². The van der Waals surface area contributed by atoms with E-state index in [2.05, 4.69) is 27.8 Å². The van der Waals surface area contributed by atoms with Crippen molar-refractivity contribution in [1.82, 2.24) is 10.2 Å². The summed E-state index contributed by atoms with van der Waals surface area (Å²) < 4.78 is 5.28. The minimum Gasteiger partial charge on any atom is -0.379 e. The molecule has 0 unspecified atom stereocenters. The fourth-order valence-corrected chi connectivity index (χ4v) is 3.41. The fraction of sp³-hybridized carbons (Fsp3) is 0.579. The Bertz CT molecular complexity index is 620. The van der Waals surface area contributed by atoms with Crippen molar-refractivity contribution >= 4 is 35.6 Å². The highest BCUT2D eigenvalue weighted by molar-refractivity contribution is 5.94. The summed E-state index contributed by atoms with van der Waals surface area (Å²) in [5, 5.41) is 9.23. The molecule has 1 aromatic rings. The Balaban J connectivity index is 0.00000261.